The SMILES string of the molecule is CCOC(=O)c1cnccc1Nc1nc(-c2nn(Cc3nnc(C)o3)c(C3CC3)c2C)ncc1OC. The van der Waals surface area contributed by atoms with Gasteiger partial charge in [-0.05, 0) is 32.8 Å². The van der Waals surface area contributed by atoms with Crippen molar-refractivity contribution in [1.82, 2.24) is 34.9 Å². The molecule has 1 aliphatic carbocycles. The molecular formula is C24H26N8O4. The smallest absolute Gasteiger partial charge is 0.341 e. The molecule has 12 heteroatoms. The van der Waals surface area contributed by atoms with Gasteiger partial charge >= 0.3 is 5.97 Å². The maximum atomic E-state index is 12.4. The van der Waals surface area contributed by atoms with Crippen LogP contribution in [0, 0.1) is 13.8 Å². The molecule has 5 rings (SSSR count). The lowest BCUT2D eigenvalue weighted by Crippen LogP contribution is -2.10. The molecule has 0 spiro atoms. The van der Waals surface area contributed by atoms with Gasteiger partial charge in [0.15, 0.2) is 17.4 Å². The number of hydrogen-bond acceptors (Lipinski definition) is 11. The van der Waals surface area contributed by atoms with E-state index in [0.29, 0.717) is 53.0 Å². The first-order chi connectivity index (χ1) is 17.5. The highest BCUT2D eigenvalue weighted by atomic mass is 16.5. The summed E-state index contributed by atoms with van der Waals surface area (Å²) in [5.41, 5.74) is 3.54. The minimum Gasteiger partial charge on any atom is -0.491 e. The summed E-state index contributed by atoms with van der Waals surface area (Å²) in [5, 5.41) is 16.0. The van der Waals surface area contributed by atoms with E-state index in [2.05, 4.69) is 25.5 Å². The summed E-state index contributed by atoms with van der Waals surface area (Å²) in [7, 11) is 1.53. The van der Waals surface area contributed by atoms with Crippen molar-refractivity contribution in [3.8, 4) is 17.3 Å². The number of nitrogens with one attached hydrogen (secondary N) is 1. The third-order valence-electron chi connectivity index (χ3n) is 5.81. The second-order valence-electron chi connectivity index (χ2n) is 8.38. The minimum absolute atomic E-state index is 0.253. The normalized spacial score (nSPS) is 13.0. The van der Waals surface area contributed by atoms with Gasteiger partial charge in [0, 0.05) is 36.5 Å². The molecule has 0 amide bonds. The highest BCUT2D eigenvalue weighted by molar-refractivity contribution is 5.96. The molecule has 0 unspecified atom stereocenters. The Morgan fingerprint density at radius 1 is 1.25 bits per heavy atom. The van der Waals surface area contributed by atoms with Crippen molar-refractivity contribution >= 4 is 17.5 Å². The quantitative estimate of drug-likeness (QED) is 0.344. The van der Waals surface area contributed by atoms with Crippen LogP contribution in [-0.4, -0.2) is 54.6 Å². The summed E-state index contributed by atoms with van der Waals surface area (Å²) in [5.74, 6) is 2.15. The number of carbonyl (C=O) groups is 1. The predicted octanol–water partition coefficient (Wildman–Crippen LogP) is 3.59. The standard InChI is InChI=1S/C24H26N8O4/c1-5-35-24(33)16-10-25-9-8-17(16)27-22-18(34-4)11-26-23(28-22)20-13(2)21(15-6-7-15)32(31-20)12-19-30-29-14(3)36-19/h8-11,15H,5-7,12H2,1-4H3,(H,25,26,27,28). The number of methoxy groups -OCH3 is 1. The van der Waals surface area contributed by atoms with Crippen LogP contribution >= 0.6 is 0 Å². The molecule has 0 aromatic carbocycles. The highest BCUT2D eigenvalue weighted by Gasteiger charge is 2.32. The van der Waals surface area contributed by atoms with Gasteiger partial charge in [-0.2, -0.15) is 5.10 Å². The van der Waals surface area contributed by atoms with E-state index in [4.69, 9.17) is 24.0 Å². The number of aryl methyl sites for hydroxylation is 1. The number of rotatable bonds is 9. The molecule has 12 nitrogen and oxygen atoms in total. The third kappa shape index (κ3) is 4.61. The zero-order chi connectivity index (χ0) is 25.2. The van der Waals surface area contributed by atoms with Crippen molar-refractivity contribution in [3.63, 3.8) is 0 Å². The number of ether oxygens (including phenoxy) is 2. The number of aromatic nitrogens is 7. The van der Waals surface area contributed by atoms with Crippen molar-refractivity contribution in [2.75, 3.05) is 19.0 Å². The maximum absolute atomic E-state index is 12.4. The zero-order valence-electron chi connectivity index (χ0n) is 20.5. The summed E-state index contributed by atoms with van der Waals surface area (Å²) in [6.45, 7) is 6.15. The monoisotopic (exact) mass is 490 g/mol. The van der Waals surface area contributed by atoms with Gasteiger partial charge in [0.05, 0.1) is 25.6 Å². The summed E-state index contributed by atoms with van der Waals surface area (Å²) in [4.78, 5) is 25.7. The van der Waals surface area contributed by atoms with E-state index in [9.17, 15) is 4.79 Å². The van der Waals surface area contributed by atoms with Crippen LogP contribution in [0.4, 0.5) is 11.5 Å². The average Bonchev–Trinajstić information content (AvgIpc) is 3.54. The van der Waals surface area contributed by atoms with Crippen molar-refractivity contribution < 1.29 is 18.7 Å². The fourth-order valence-corrected chi connectivity index (χ4v) is 4.03. The van der Waals surface area contributed by atoms with Crippen LogP contribution in [0.2, 0.25) is 0 Å². The van der Waals surface area contributed by atoms with Crippen molar-refractivity contribution in [2.45, 2.75) is 46.1 Å². The average molecular weight is 491 g/mol. The summed E-state index contributed by atoms with van der Waals surface area (Å²) in [6.07, 6.45) is 6.80. The Bertz CT molecular complexity index is 1410. The largest absolute Gasteiger partial charge is 0.491 e. The van der Waals surface area contributed by atoms with E-state index in [1.165, 1.54) is 13.3 Å². The number of nitrogens with zero attached hydrogens (tertiary/aromatic N) is 7. The van der Waals surface area contributed by atoms with E-state index in [1.807, 2.05) is 11.6 Å². The number of hydrogen-bond donors (Lipinski definition) is 1. The summed E-state index contributed by atoms with van der Waals surface area (Å²) < 4.78 is 18.1. The van der Waals surface area contributed by atoms with Gasteiger partial charge in [-0.15, -0.1) is 10.2 Å². The topological polar surface area (TPSA) is 143 Å². The van der Waals surface area contributed by atoms with Gasteiger partial charge in [-0.25, -0.2) is 14.8 Å². The Balaban J connectivity index is 1.52. The van der Waals surface area contributed by atoms with Crippen LogP contribution < -0.4 is 10.1 Å². The maximum Gasteiger partial charge on any atom is 0.341 e. The lowest BCUT2D eigenvalue weighted by molar-refractivity contribution is 0.0527. The van der Waals surface area contributed by atoms with Crippen molar-refractivity contribution in [3.05, 3.63) is 53.3 Å². The van der Waals surface area contributed by atoms with E-state index in [1.54, 1.807) is 32.3 Å². The van der Waals surface area contributed by atoms with Crippen LogP contribution in [-0.2, 0) is 11.3 Å². The van der Waals surface area contributed by atoms with Gasteiger partial charge in [0.2, 0.25) is 11.8 Å². The van der Waals surface area contributed by atoms with Crippen LogP contribution in [0.15, 0.2) is 29.1 Å². The number of anilines is 2. The van der Waals surface area contributed by atoms with Gasteiger partial charge < -0.3 is 19.2 Å². The Morgan fingerprint density at radius 2 is 2.08 bits per heavy atom. The van der Waals surface area contributed by atoms with Crippen LogP contribution in [0.3, 0.4) is 0 Å². The fraction of sp³-hybridized carbons (Fsp3) is 0.375. The van der Waals surface area contributed by atoms with Gasteiger partial charge in [0.1, 0.15) is 17.8 Å². The van der Waals surface area contributed by atoms with Crippen LogP contribution in [0.1, 0.15) is 59.1 Å². The first-order valence-corrected chi connectivity index (χ1v) is 11.6. The Labute approximate surface area is 207 Å². The third-order valence-corrected chi connectivity index (χ3v) is 5.81. The van der Waals surface area contributed by atoms with Crippen LogP contribution in [0.25, 0.3) is 11.5 Å². The molecule has 4 heterocycles. The molecule has 0 aliphatic heterocycles. The molecule has 0 radical (unpaired) electrons. The van der Waals surface area contributed by atoms with Crippen molar-refractivity contribution in [1.29, 1.82) is 0 Å². The predicted molar refractivity (Wildman–Crippen MR) is 128 cm³/mol. The number of pyridine rings is 1. The number of esters is 1. The molecular weight excluding hydrogens is 464 g/mol. The molecule has 36 heavy (non-hydrogen) atoms. The van der Waals surface area contributed by atoms with Gasteiger partial charge in [0.25, 0.3) is 0 Å². The lowest BCUT2D eigenvalue weighted by Gasteiger charge is -2.13. The first-order valence-electron chi connectivity index (χ1n) is 11.6. The molecule has 4 aromatic heterocycles. The Hall–Kier alpha value is -4.35. The molecule has 4 aromatic rings. The zero-order valence-corrected chi connectivity index (χ0v) is 20.5. The summed E-state index contributed by atoms with van der Waals surface area (Å²) in [6, 6.07) is 1.67. The first kappa shape index (κ1) is 23.4. The molecule has 0 atom stereocenters. The number of carbonyl (C=O) groups excluding carboxylic acids is 1. The molecule has 186 valence electrons. The second-order valence-corrected chi connectivity index (χ2v) is 8.38. The van der Waals surface area contributed by atoms with E-state index in [-0.39, 0.29) is 12.2 Å². The van der Waals surface area contributed by atoms with Gasteiger partial charge in [-0.1, -0.05) is 0 Å². The van der Waals surface area contributed by atoms with Crippen LogP contribution in [0.5, 0.6) is 5.75 Å². The molecule has 0 saturated heterocycles. The molecule has 1 saturated carbocycles. The van der Waals surface area contributed by atoms with Gasteiger partial charge in [-0.3, -0.25) is 9.67 Å². The Morgan fingerprint density at radius 3 is 2.78 bits per heavy atom. The van der Waals surface area contributed by atoms with E-state index in [0.717, 1.165) is 24.1 Å². The minimum atomic E-state index is -0.485. The fourth-order valence-electron chi connectivity index (χ4n) is 4.03. The second kappa shape index (κ2) is 9.72. The Kier molecular flexibility index (Phi) is 6.32. The summed E-state index contributed by atoms with van der Waals surface area (Å²) >= 11 is 0. The van der Waals surface area contributed by atoms with Crippen molar-refractivity contribution in [2.24, 2.45) is 0 Å². The molecule has 1 N–H and O–H groups in total. The van der Waals surface area contributed by atoms with E-state index < -0.39 is 5.97 Å². The van der Waals surface area contributed by atoms with E-state index >= 15 is 0 Å². The highest BCUT2D eigenvalue weighted by Crippen LogP contribution is 2.43. The molecule has 1 aliphatic rings. The molecule has 1 fully saturated rings. The molecule has 0 bridgehead atoms. The lowest BCUT2D eigenvalue weighted by atomic mass is 10.1.